The maximum absolute atomic E-state index is 13.3. The number of carbonyl (C=O) groups excluding carboxylic acids is 1. The smallest absolute Gasteiger partial charge is 0.313 e. The minimum Gasteiger partial charge on any atom is -0.497 e. The normalized spacial score (nSPS) is 11.9. The molecule has 0 bridgehead atoms. The molecule has 0 N–H and O–H groups in total. The Morgan fingerprint density at radius 2 is 1.68 bits per heavy atom. The Kier molecular flexibility index (Phi) is 5.68. The maximum atomic E-state index is 13.3. The molecule has 0 amide bonds. The van der Waals surface area contributed by atoms with Crippen LogP contribution in [0.15, 0.2) is 51.7 Å². The fourth-order valence-electron chi connectivity index (χ4n) is 3.05. The molecule has 1 heterocycles. The molecule has 146 valence electrons. The summed E-state index contributed by atoms with van der Waals surface area (Å²) in [5, 5.41) is 0.379. The van der Waals surface area contributed by atoms with Gasteiger partial charge >= 0.3 is 5.97 Å². The van der Waals surface area contributed by atoms with Crippen molar-refractivity contribution in [2.24, 2.45) is 0 Å². The van der Waals surface area contributed by atoms with Crippen LogP contribution < -0.4 is 14.9 Å². The summed E-state index contributed by atoms with van der Waals surface area (Å²) < 4.78 is 21.7. The lowest BCUT2D eigenvalue weighted by atomic mass is 9.94. The number of esters is 1. The lowest BCUT2D eigenvalue weighted by molar-refractivity contribution is -0.144. The number of rotatable bonds is 6. The van der Waals surface area contributed by atoms with Crippen LogP contribution in [0.4, 0.5) is 0 Å². The minimum atomic E-state index is -0.778. The molecule has 0 saturated carbocycles. The van der Waals surface area contributed by atoms with Crippen molar-refractivity contribution in [2.45, 2.75) is 19.8 Å². The zero-order valence-corrected chi connectivity index (χ0v) is 16.3. The van der Waals surface area contributed by atoms with Gasteiger partial charge in [0, 0.05) is 11.6 Å². The van der Waals surface area contributed by atoms with Crippen molar-refractivity contribution in [2.75, 3.05) is 20.8 Å². The number of carbonyl (C=O) groups is 1. The Labute approximate surface area is 162 Å². The van der Waals surface area contributed by atoms with Crippen LogP contribution in [-0.4, -0.2) is 26.8 Å². The monoisotopic (exact) mass is 382 g/mol. The van der Waals surface area contributed by atoms with Crippen LogP contribution >= 0.6 is 0 Å². The molecule has 0 aliphatic heterocycles. The topological polar surface area (TPSA) is 75.0 Å². The van der Waals surface area contributed by atoms with Crippen molar-refractivity contribution in [1.29, 1.82) is 0 Å². The highest BCUT2D eigenvalue weighted by atomic mass is 16.5. The van der Waals surface area contributed by atoms with Crippen LogP contribution in [-0.2, 0) is 9.53 Å². The highest BCUT2D eigenvalue weighted by Crippen LogP contribution is 2.33. The first-order chi connectivity index (χ1) is 13.5. The quantitative estimate of drug-likeness (QED) is 0.597. The molecule has 2 aromatic carbocycles. The van der Waals surface area contributed by atoms with Gasteiger partial charge in [0.05, 0.1) is 37.7 Å². The van der Waals surface area contributed by atoms with Crippen LogP contribution in [0.25, 0.3) is 22.3 Å². The van der Waals surface area contributed by atoms with E-state index in [1.807, 2.05) is 0 Å². The third-order valence-corrected chi connectivity index (χ3v) is 4.56. The van der Waals surface area contributed by atoms with Gasteiger partial charge < -0.3 is 18.6 Å². The first kappa shape index (κ1) is 19.5. The van der Waals surface area contributed by atoms with E-state index in [1.165, 1.54) is 0 Å². The molecule has 0 aliphatic carbocycles. The molecule has 6 heteroatoms. The summed E-state index contributed by atoms with van der Waals surface area (Å²) in [6.45, 7) is 3.61. The molecule has 0 spiro atoms. The molecule has 6 nitrogen and oxygen atoms in total. The maximum Gasteiger partial charge on any atom is 0.313 e. The molecule has 0 saturated heterocycles. The van der Waals surface area contributed by atoms with E-state index in [-0.39, 0.29) is 17.6 Å². The molecule has 1 unspecified atom stereocenters. The summed E-state index contributed by atoms with van der Waals surface area (Å²) in [7, 11) is 3.12. The van der Waals surface area contributed by atoms with E-state index < -0.39 is 11.9 Å². The van der Waals surface area contributed by atoms with E-state index >= 15 is 0 Å². The standard InChI is InChI=1S/C22H22O6/c1-5-27-22(24)13(2)19-20(23)17-11-10-16(26-4)12-18(17)28-21(19)14-6-8-15(25-3)9-7-14/h6-13H,5H2,1-4H3. The van der Waals surface area contributed by atoms with E-state index in [9.17, 15) is 9.59 Å². The van der Waals surface area contributed by atoms with Crippen molar-refractivity contribution in [3.8, 4) is 22.8 Å². The minimum absolute atomic E-state index is 0.233. The number of methoxy groups -OCH3 is 2. The molecular weight excluding hydrogens is 360 g/mol. The van der Waals surface area contributed by atoms with Crippen LogP contribution in [0.5, 0.6) is 11.5 Å². The summed E-state index contributed by atoms with van der Waals surface area (Å²) in [6.07, 6.45) is 0. The third-order valence-electron chi connectivity index (χ3n) is 4.56. The van der Waals surface area contributed by atoms with Gasteiger partial charge in [0.25, 0.3) is 0 Å². The number of ether oxygens (including phenoxy) is 3. The Hall–Kier alpha value is -3.28. The molecule has 3 aromatic rings. The largest absolute Gasteiger partial charge is 0.497 e. The third kappa shape index (κ3) is 3.58. The zero-order chi connectivity index (χ0) is 20.3. The van der Waals surface area contributed by atoms with Gasteiger partial charge in [-0.05, 0) is 50.2 Å². The Morgan fingerprint density at radius 3 is 2.29 bits per heavy atom. The van der Waals surface area contributed by atoms with Crippen LogP contribution in [0.1, 0.15) is 25.3 Å². The van der Waals surface area contributed by atoms with Gasteiger partial charge in [0.1, 0.15) is 22.8 Å². The van der Waals surface area contributed by atoms with Crippen molar-refractivity contribution < 1.29 is 23.4 Å². The predicted molar refractivity (Wildman–Crippen MR) is 106 cm³/mol. The van der Waals surface area contributed by atoms with Gasteiger partial charge in [-0.2, -0.15) is 0 Å². The second-order valence-corrected chi connectivity index (χ2v) is 6.24. The van der Waals surface area contributed by atoms with Crippen LogP contribution in [0.3, 0.4) is 0 Å². The van der Waals surface area contributed by atoms with Gasteiger partial charge in [-0.1, -0.05) is 0 Å². The number of fused-ring (bicyclic) bond motifs is 1. The summed E-state index contributed by atoms with van der Waals surface area (Å²) in [5.74, 6) is 0.322. The Bertz CT molecular complexity index is 1050. The zero-order valence-electron chi connectivity index (χ0n) is 16.3. The molecule has 1 atom stereocenters. The van der Waals surface area contributed by atoms with E-state index in [0.717, 1.165) is 0 Å². The fourth-order valence-corrected chi connectivity index (χ4v) is 3.05. The van der Waals surface area contributed by atoms with E-state index in [0.29, 0.717) is 33.8 Å². The molecule has 0 fully saturated rings. The first-order valence-corrected chi connectivity index (χ1v) is 8.96. The van der Waals surface area contributed by atoms with Crippen LogP contribution in [0.2, 0.25) is 0 Å². The van der Waals surface area contributed by atoms with Gasteiger partial charge in [0.2, 0.25) is 0 Å². The first-order valence-electron chi connectivity index (χ1n) is 8.96. The Morgan fingerprint density at radius 1 is 1.04 bits per heavy atom. The van der Waals surface area contributed by atoms with Crippen molar-refractivity contribution in [3.05, 3.63) is 58.3 Å². The molecule has 3 rings (SSSR count). The summed E-state index contributed by atoms with van der Waals surface area (Å²) in [6, 6.07) is 12.1. The summed E-state index contributed by atoms with van der Waals surface area (Å²) >= 11 is 0. The predicted octanol–water partition coefficient (Wildman–Crippen LogP) is 4.14. The highest BCUT2D eigenvalue weighted by molar-refractivity contribution is 5.86. The van der Waals surface area contributed by atoms with E-state index in [1.54, 1.807) is 70.5 Å². The van der Waals surface area contributed by atoms with Gasteiger partial charge in [0.15, 0.2) is 5.43 Å². The highest BCUT2D eigenvalue weighted by Gasteiger charge is 2.27. The van der Waals surface area contributed by atoms with Crippen molar-refractivity contribution in [3.63, 3.8) is 0 Å². The lowest BCUT2D eigenvalue weighted by Crippen LogP contribution is -2.21. The lowest BCUT2D eigenvalue weighted by Gasteiger charge is -2.15. The second kappa shape index (κ2) is 8.17. The Balaban J connectivity index is 2.28. The van der Waals surface area contributed by atoms with E-state index in [2.05, 4.69) is 0 Å². The van der Waals surface area contributed by atoms with Gasteiger partial charge in [-0.25, -0.2) is 0 Å². The van der Waals surface area contributed by atoms with Gasteiger partial charge in [-0.3, -0.25) is 9.59 Å². The van der Waals surface area contributed by atoms with Crippen molar-refractivity contribution in [1.82, 2.24) is 0 Å². The molecular formula is C22H22O6. The van der Waals surface area contributed by atoms with Gasteiger partial charge in [-0.15, -0.1) is 0 Å². The SMILES string of the molecule is CCOC(=O)C(C)c1c(-c2ccc(OC)cc2)oc2cc(OC)ccc2c1=O. The molecule has 28 heavy (non-hydrogen) atoms. The number of benzene rings is 2. The fraction of sp³-hybridized carbons (Fsp3) is 0.273. The average Bonchev–Trinajstić information content (AvgIpc) is 2.73. The van der Waals surface area contributed by atoms with Crippen LogP contribution in [0, 0.1) is 0 Å². The van der Waals surface area contributed by atoms with E-state index in [4.69, 9.17) is 18.6 Å². The molecule has 0 radical (unpaired) electrons. The summed E-state index contributed by atoms with van der Waals surface area (Å²) in [4.78, 5) is 25.6. The second-order valence-electron chi connectivity index (χ2n) is 6.24. The van der Waals surface area contributed by atoms with Crippen molar-refractivity contribution >= 4 is 16.9 Å². The number of hydrogen-bond donors (Lipinski definition) is 0. The summed E-state index contributed by atoms with van der Waals surface area (Å²) in [5.41, 5.74) is 1.04. The molecule has 1 aromatic heterocycles. The number of hydrogen-bond acceptors (Lipinski definition) is 6. The average molecular weight is 382 g/mol. The molecule has 0 aliphatic rings.